The van der Waals surface area contributed by atoms with Crippen molar-refractivity contribution in [3.63, 3.8) is 0 Å². The fourth-order valence-electron chi connectivity index (χ4n) is 1.48. The van der Waals surface area contributed by atoms with Gasteiger partial charge in [0.15, 0.2) is 0 Å². The van der Waals surface area contributed by atoms with Gasteiger partial charge in [-0.2, -0.15) is 0 Å². The topological polar surface area (TPSA) is 15.6 Å². The molecule has 0 saturated carbocycles. The van der Waals surface area contributed by atoms with Crippen molar-refractivity contribution in [1.82, 2.24) is 4.90 Å². The molecule has 0 aliphatic carbocycles. The van der Waals surface area contributed by atoms with Crippen LogP contribution in [0.1, 0.15) is 26.2 Å². The minimum atomic E-state index is 1.19. The number of aliphatic imine (C=N–C) groups is 1. The standard InChI is InChI=1S/C8H16N2/c1-3-6-10-7-4-5-8(10)9-2/h3-7H2,1-2H3. The number of hydrogen-bond acceptors (Lipinski definition) is 1. The molecule has 0 spiro atoms. The Morgan fingerprint density at radius 1 is 1.60 bits per heavy atom. The maximum Gasteiger partial charge on any atom is 0.0986 e. The van der Waals surface area contributed by atoms with E-state index in [1.807, 2.05) is 7.05 Å². The summed E-state index contributed by atoms with van der Waals surface area (Å²) in [6, 6.07) is 0. The lowest BCUT2D eigenvalue weighted by Gasteiger charge is -2.16. The molecular formula is C8H16N2. The number of hydrogen-bond donors (Lipinski definition) is 0. The molecule has 1 fully saturated rings. The molecule has 1 saturated heterocycles. The quantitative estimate of drug-likeness (QED) is 0.568. The van der Waals surface area contributed by atoms with E-state index in [1.165, 1.54) is 38.2 Å². The van der Waals surface area contributed by atoms with E-state index in [-0.39, 0.29) is 0 Å². The molecule has 0 N–H and O–H groups in total. The number of rotatable bonds is 2. The van der Waals surface area contributed by atoms with E-state index in [2.05, 4.69) is 16.8 Å². The summed E-state index contributed by atoms with van der Waals surface area (Å²) in [4.78, 5) is 6.62. The molecule has 2 heteroatoms. The largest absolute Gasteiger partial charge is 0.360 e. The molecule has 1 aliphatic rings. The van der Waals surface area contributed by atoms with Crippen LogP contribution in [0.5, 0.6) is 0 Å². The predicted molar refractivity (Wildman–Crippen MR) is 44.5 cm³/mol. The highest BCUT2D eigenvalue weighted by atomic mass is 15.2. The van der Waals surface area contributed by atoms with Gasteiger partial charge in [-0.3, -0.25) is 4.99 Å². The molecule has 0 aromatic carbocycles. The molecule has 58 valence electrons. The number of amidine groups is 1. The Hall–Kier alpha value is -0.530. The van der Waals surface area contributed by atoms with E-state index in [0.717, 1.165) is 0 Å². The molecule has 1 rings (SSSR count). The third-order valence-corrected chi connectivity index (χ3v) is 1.95. The Labute approximate surface area is 62.9 Å². The number of nitrogens with zero attached hydrogens (tertiary/aromatic N) is 2. The van der Waals surface area contributed by atoms with Crippen molar-refractivity contribution < 1.29 is 0 Å². The second kappa shape index (κ2) is 3.59. The molecule has 1 aliphatic heterocycles. The van der Waals surface area contributed by atoms with Gasteiger partial charge in [-0.1, -0.05) is 6.92 Å². The van der Waals surface area contributed by atoms with E-state index in [0.29, 0.717) is 0 Å². The van der Waals surface area contributed by atoms with Crippen LogP contribution in [0.25, 0.3) is 0 Å². The van der Waals surface area contributed by atoms with Crippen molar-refractivity contribution in [2.45, 2.75) is 26.2 Å². The first-order chi connectivity index (χ1) is 4.88. The average Bonchev–Trinajstić information content (AvgIpc) is 2.36. The average molecular weight is 140 g/mol. The van der Waals surface area contributed by atoms with E-state index in [4.69, 9.17) is 0 Å². The molecule has 1 heterocycles. The van der Waals surface area contributed by atoms with Gasteiger partial charge in [0.1, 0.15) is 0 Å². The Kier molecular flexibility index (Phi) is 2.72. The van der Waals surface area contributed by atoms with Crippen LogP contribution >= 0.6 is 0 Å². The maximum atomic E-state index is 4.23. The lowest BCUT2D eigenvalue weighted by atomic mass is 10.4. The van der Waals surface area contributed by atoms with Crippen LogP contribution in [0, 0.1) is 0 Å². The minimum Gasteiger partial charge on any atom is -0.360 e. The van der Waals surface area contributed by atoms with Gasteiger partial charge >= 0.3 is 0 Å². The fourth-order valence-corrected chi connectivity index (χ4v) is 1.48. The highest BCUT2D eigenvalue weighted by molar-refractivity contribution is 5.83. The van der Waals surface area contributed by atoms with E-state index < -0.39 is 0 Å². The Morgan fingerprint density at radius 3 is 3.00 bits per heavy atom. The van der Waals surface area contributed by atoms with Crippen LogP contribution in [-0.2, 0) is 0 Å². The van der Waals surface area contributed by atoms with Gasteiger partial charge in [0.05, 0.1) is 5.84 Å². The molecule has 0 unspecified atom stereocenters. The summed E-state index contributed by atoms with van der Waals surface area (Å²) in [5, 5.41) is 0. The van der Waals surface area contributed by atoms with Crippen molar-refractivity contribution in [2.24, 2.45) is 4.99 Å². The molecule has 0 amide bonds. The second-order valence-electron chi connectivity index (χ2n) is 2.73. The van der Waals surface area contributed by atoms with Crippen LogP contribution < -0.4 is 0 Å². The first kappa shape index (κ1) is 7.58. The summed E-state index contributed by atoms with van der Waals surface area (Å²) in [5.41, 5.74) is 0. The molecule has 0 radical (unpaired) electrons. The molecule has 0 aromatic rings. The van der Waals surface area contributed by atoms with Crippen molar-refractivity contribution in [3.05, 3.63) is 0 Å². The van der Waals surface area contributed by atoms with Crippen molar-refractivity contribution in [3.8, 4) is 0 Å². The van der Waals surface area contributed by atoms with Crippen molar-refractivity contribution in [1.29, 1.82) is 0 Å². The monoisotopic (exact) mass is 140 g/mol. The smallest absolute Gasteiger partial charge is 0.0986 e. The summed E-state index contributed by atoms with van der Waals surface area (Å²) >= 11 is 0. The lowest BCUT2D eigenvalue weighted by molar-refractivity contribution is 0.451. The van der Waals surface area contributed by atoms with Crippen LogP contribution in [0.4, 0.5) is 0 Å². The Balaban J connectivity index is 2.42. The van der Waals surface area contributed by atoms with Crippen molar-refractivity contribution in [2.75, 3.05) is 20.1 Å². The third kappa shape index (κ3) is 1.49. The summed E-state index contributed by atoms with van der Waals surface area (Å²) in [6.45, 7) is 4.62. The van der Waals surface area contributed by atoms with Crippen LogP contribution in [0.3, 0.4) is 0 Å². The number of likely N-dealkylation sites (tertiary alicyclic amines) is 1. The normalized spacial score (nSPS) is 22.6. The Bertz CT molecular complexity index is 129. The third-order valence-electron chi connectivity index (χ3n) is 1.95. The second-order valence-corrected chi connectivity index (χ2v) is 2.73. The van der Waals surface area contributed by atoms with Gasteiger partial charge in [0.2, 0.25) is 0 Å². The Morgan fingerprint density at radius 2 is 2.40 bits per heavy atom. The molecule has 2 nitrogen and oxygen atoms in total. The van der Waals surface area contributed by atoms with Crippen LogP contribution in [-0.4, -0.2) is 30.9 Å². The SMILES string of the molecule is CCCN1CCCC1=NC. The van der Waals surface area contributed by atoms with E-state index >= 15 is 0 Å². The first-order valence-corrected chi connectivity index (χ1v) is 4.09. The lowest BCUT2D eigenvalue weighted by Crippen LogP contribution is -2.25. The van der Waals surface area contributed by atoms with Crippen LogP contribution in [0.15, 0.2) is 4.99 Å². The summed E-state index contributed by atoms with van der Waals surface area (Å²) in [7, 11) is 1.89. The first-order valence-electron chi connectivity index (χ1n) is 4.09. The van der Waals surface area contributed by atoms with Gasteiger partial charge < -0.3 is 4.90 Å². The molecule has 0 aromatic heterocycles. The van der Waals surface area contributed by atoms with Crippen LogP contribution in [0.2, 0.25) is 0 Å². The highest BCUT2D eigenvalue weighted by Crippen LogP contribution is 2.10. The van der Waals surface area contributed by atoms with E-state index in [1.54, 1.807) is 0 Å². The summed E-state index contributed by atoms with van der Waals surface area (Å²) in [5.74, 6) is 1.31. The molecule has 0 bridgehead atoms. The van der Waals surface area contributed by atoms with E-state index in [9.17, 15) is 0 Å². The zero-order valence-electron chi connectivity index (χ0n) is 6.93. The zero-order valence-corrected chi connectivity index (χ0v) is 6.93. The predicted octanol–water partition coefficient (Wildman–Crippen LogP) is 1.52. The minimum absolute atomic E-state index is 1.19. The molecule has 10 heavy (non-hydrogen) atoms. The maximum absolute atomic E-state index is 4.23. The summed E-state index contributed by atoms with van der Waals surface area (Å²) in [6.07, 6.45) is 3.72. The van der Waals surface area contributed by atoms with Gasteiger partial charge in [-0.05, 0) is 12.8 Å². The summed E-state index contributed by atoms with van der Waals surface area (Å²) < 4.78 is 0. The van der Waals surface area contributed by atoms with Gasteiger partial charge in [-0.15, -0.1) is 0 Å². The van der Waals surface area contributed by atoms with Gasteiger partial charge in [0.25, 0.3) is 0 Å². The van der Waals surface area contributed by atoms with Gasteiger partial charge in [0, 0.05) is 26.6 Å². The van der Waals surface area contributed by atoms with Gasteiger partial charge in [-0.25, -0.2) is 0 Å². The van der Waals surface area contributed by atoms with Crippen molar-refractivity contribution >= 4 is 5.84 Å². The fraction of sp³-hybridized carbons (Fsp3) is 0.875. The zero-order chi connectivity index (χ0) is 7.40. The molecular weight excluding hydrogens is 124 g/mol. The highest BCUT2D eigenvalue weighted by Gasteiger charge is 2.15. The molecule has 0 atom stereocenters.